The summed E-state index contributed by atoms with van der Waals surface area (Å²) in [6, 6.07) is 0.615. The third-order valence-corrected chi connectivity index (χ3v) is 3.53. The van der Waals surface area contributed by atoms with Crippen LogP contribution < -0.4 is 5.32 Å². The van der Waals surface area contributed by atoms with Crippen LogP contribution in [0.5, 0.6) is 0 Å². The topological polar surface area (TPSA) is 32.3 Å². The third kappa shape index (κ3) is 4.52. The molecule has 0 unspecified atom stereocenters. The highest BCUT2D eigenvalue weighted by atomic mass is 16.3. The summed E-state index contributed by atoms with van der Waals surface area (Å²) in [5.74, 6) is 0. The zero-order chi connectivity index (χ0) is 11.1. The van der Waals surface area contributed by atoms with Crippen LogP contribution in [0.15, 0.2) is 0 Å². The molecule has 15 heavy (non-hydrogen) atoms. The first-order chi connectivity index (χ1) is 7.20. The van der Waals surface area contributed by atoms with Crippen LogP contribution in [0.4, 0.5) is 0 Å². The normalized spacial score (nSPS) is 20.0. The molecule has 0 aromatic carbocycles. The lowest BCUT2D eigenvalue weighted by molar-refractivity contribution is 0.0441. The van der Waals surface area contributed by atoms with Gasteiger partial charge in [-0.2, -0.15) is 0 Å². The van der Waals surface area contributed by atoms with Crippen molar-refractivity contribution in [1.82, 2.24) is 5.32 Å². The number of hydrogen-bond donors (Lipinski definition) is 2. The van der Waals surface area contributed by atoms with Gasteiger partial charge in [0.1, 0.15) is 0 Å². The molecule has 0 atom stereocenters. The van der Waals surface area contributed by atoms with Crippen LogP contribution in [0.25, 0.3) is 0 Å². The molecule has 0 aliphatic heterocycles. The number of nitrogens with one attached hydrogen (secondary N) is 1. The molecule has 1 aliphatic carbocycles. The second-order valence-corrected chi connectivity index (χ2v) is 5.09. The summed E-state index contributed by atoms with van der Waals surface area (Å²) in [5, 5.41) is 13.8. The van der Waals surface area contributed by atoms with Crippen molar-refractivity contribution in [2.75, 3.05) is 6.54 Å². The molecule has 0 radical (unpaired) electrons. The summed E-state index contributed by atoms with van der Waals surface area (Å²) >= 11 is 0. The van der Waals surface area contributed by atoms with Crippen LogP contribution in [-0.4, -0.2) is 23.3 Å². The van der Waals surface area contributed by atoms with Crippen LogP contribution in [0.2, 0.25) is 0 Å². The first-order valence-corrected chi connectivity index (χ1v) is 6.66. The molecule has 0 amide bonds. The van der Waals surface area contributed by atoms with E-state index in [0.717, 1.165) is 19.4 Å². The molecule has 2 nitrogen and oxygen atoms in total. The Morgan fingerprint density at radius 1 is 1.13 bits per heavy atom. The summed E-state index contributed by atoms with van der Waals surface area (Å²) < 4.78 is 0. The molecule has 0 spiro atoms. The molecule has 1 saturated carbocycles. The van der Waals surface area contributed by atoms with Crippen molar-refractivity contribution in [3.8, 4) is 0 Å². The molecule has 90 valence electrons. The summed E-state index contributed by atoms with van der Waals surface area (Å²) in [6.45, 7) is 5.26. The predicted octanol–water partition coefficient (Wildman–Crippen LogP) is 2.85. The van der Waals surface area contributed by atoms with Gasteiger partial charge in [0.2, 0.25) is 0 Å². The lowest BCUT2D eigenvalue weighted by atomic mass is 10.0. The quantitative estimate of drug-likeness (QED) is 0.681. The maximum Gasteiger partial charge on any atom is 0.0771 e. The van der Waals surface area contributed by atoms with E-state index >= 15 is 0 Å². The highest BCUT2D eigenvalue weighted by Gasteiger charge is 2.31. The molecular formula is C13H27NO. The van der Waals surface area contributed by atoms with Gasteiger partial charge >= 0.3 is 0 Å². The van der Waals surface area contributed by atoms with Crippen molar-refractivity contribution in [1.29, 1.82) is 0 Å². The van der Waals surface area contributed by atoms with E-state index in [1.54, 1.807) is 0 Å². The zero-order valence-electron chi connectivity index (χ0n) is 10.4. The highest BCUT2D eigenvalue weighted by molar-refractivity contribution is 4.87. The van der Waals surface area contributed by atoms with E-state index < -0.39 is 0 Å². The van der Waals surface area contributed by atoms with Crippen molar-refractivity contribution in [2.24, 2.45) is 0 Å². The fraction of sp³-hybridized carbons (Fsp3) is 1.00. The molecule has 0 bridgehead atoms. The van der Waals surface area contributed by atoms with E-state index in [2.05, 4.69) is 19.2 Å². The number of hydrogen-bond acceptors (Lipinski definition) is 2. The van der Waals surface area contributed by atoms with E-state index in [0.29, 0.717) is 6.04 Å². The van der Waals surface area contributed by atoms with Crippen molar-refractivity contribution in [3.05, 3.63) is 0 Å². The fourth-order valence-electron chi connectivity index (χ4n) is 2.59. The van der Waals surface area contributed by atoms with Gasteiger partial charge in [0.05, 0.1) is 5.60 Å². The molecular weight excluding hydrogens is 186 g/mol. The van der Waals surface area contributed by atoms with Gasteiger partial charge in [-0.15, -0.1) is 0 Å². The van der Waals surface area contributed by atoms with Crippen LogP contribution in [0.1, 0.15) is 65.2 Å². The summed E-state index contributed by atoms with van der Waals surface area (Å²) in [4.78, 5) is 0. The third-order valence-electron chi connectivity index (χ3n) is 3.53. The van der Waals surface area contributed by atoms with E-state index in [-0.39, 0.29) is 5.60 Å². The van der Waals surface area contributed by atoms with Crippen LogP contribution in [0, 0.1) is 0 Å². The van der Waals surface area contributed by atoms with E-state index in [4.69, 9.17) is 0 Å². The van der Waals surface area contributed by atoms with Crippen LogP contribution in [0.3, 0.4) is 0 Å². The summed E-state index contributed by atoms with van der Waals surface area (Å²) in [6.07, 6.45) is 9.32. The maximum absolute atomic E-state index is 10.2. The average molecular weight is 213 g/mol. The molecule has 1 aliphatic rings. The Morgan fingerprint density at radius 3 is 2.13 bits per heavy atom. The lowest BCUT2D eigenvalue weighted by Gasteiger charge is -2.26. The van der Waals surface area contributed by atoms with Crippen LogP contribution in [-0.2, 0) is 0 Å². The molecule has 0 heterocycles. The summed E-state index contributed by atoms with van der Waals surface area (Å²) in [5.41, 5.74) is -0.389. The molecule has 0 aromatic rings. The second kappa shape index (κ2) is 6.49. The minimum absolute atomic E-state index is 0.389. The van der Waals surface area contributed by atoms with Gasteiger partial charge in [-0.05, 0) is 25.7 Å². The van der Waals surface area contributed by atoms with E-state index in [1.807, 2.05) is 0 Å². The zero-order valence-corrected chi connectivity index (χ0v) is 10.4. The van der Waals surface area contributed by atoms with Gasteiger partial charge in [-0.25, -0.2) is 0 Å². The largest absolute Gasteiger partial charge is 0.389 e. The fourth-order valence-corrected chi connectivity index (χ4v) is 2.59. The Morgan fingerprint density at radius 2 is 1.67 bits per heavy atom. The van der Waals surface area contributed by atoms with Gasteiger partial charge in [0.15, 0.2) is 0 Å². The van der Waals surface area contributed by atoms with Crippen molar-refractivity contribution in [3.63, 3.8) is 0 Å². The van der Waals surface area contributed by atoms with Gasteiger partial charge in [0, 0.05) is 12.6 Å². The smallest absolute Gasteiger partial charge is 0.0771 e. The highest BCUT2D eigenvalue weighted by Crippen LogP contribution is 2.28. The molecule has 1 rings (SSSR count). The van der Waals surface area contributed by atoms with Gasteiger partial charge in [0.25, 0.3) is 0 Å². The second-order valence-electron chi connectivity index (χ2n) is 5.09. The average Bonchev–Trinajstić information content (AvgIpc) is 2.63. The van der Waals surface area contributed by atoms with Crippen molar-refractivity contribution >= 4 is 0 Å². The lowest BCUT2D eigenvalue weighted by Crippen LogP contribution is -2.42. The maximum atomic E-state index is 10.2. The minimum Gasteiger partial charge on any atom is -0.389 e. The number of aliphatic hydroxyl groups is 1. The minimum atomic E-state index is -0.389. The molecule has 2 N–H and O–H groups in total. The molecule has 2 heteroatoms. The van der Waals surface area contributed by atoms with Gasteiger partial charge in [-0.1, -0.05) is 39.5 Å². The Bertz CT molecular complexity index is 158. The number of rotatable bonds is 7. The van der Waals surface area contributed by atoms with Crippen molar-refractivity contribution < 1.29 is 5.11 Å². The van der Waals surface area contributed by atoms with E-state index in [1.165, 1.54) is 38.5 Å². The van der Waals surface area contributed by atoms with E-state index in [9.17, 15) is 5.11 Å². The van der Waals surface area contributed by atoms with Gasteiger partial charge in [-0.3, -0.25) is 0 Å². The Kier molecular flexibility index (Phi) is 5.62. The van der Waals surface area contributed by atoms with Crippen LogP contribution >= 0.6 is 0 Å². The predicted molar refractivity (Wildman–Crippen MR) is 65.0 cm³/mol. The first kappa shape index (κ1) is 13.0. The molecule has 0 saturated heterocycles. The van der Waals surface area contributed by atoms with Crippen molar-refractivity contribution in [2.45, 2.75) is 76.9 Å². The molecule has 1 fully saturated rings. The SMILES string of the molecule is CCCC(CCC)NCC1(O)CCCC1. The van der Waals surface area contributed by atoms with Gasteiger partial charge < -0.3 is 10.4 Å². The first-order valence-electron chi connectivity index (χ1n) is 6.66. The standard InChI is InChI=1S/C13H27NO/c1-3-7-12(8-4-2)14-11-13(15)9-5-6-10-13/h12,14-15H,3-11H2,1-2H3. The Labute approximate surface area is 94.5 Å². The summed E-state index contributed by atoms with van der Waals surface area (Å²) in [7, 11) is 0. The monoisotopic (exact) mass is 213 g/mol. The Balaban J connectivity index is 2.25. The molecule has 0 aromatic heterocycles. The Hall–Kier alpha value is -0.0800.